The highest BCUT2D eigenvalue weighted by Gasteiger charge is 2.15. The summed E-state index contributed by atoms with van der Waals surface area (Å²) in [5.74, 6) is 2.49. The number of ether oxygens (including phenoxy) is 2. The maximum atomic E-state index is 10.5. The molecule has 24 heavy (non-hydrogen) atoms. The van der Waals surface area contributed by atoms with E-state index < -0.39 is 6.10 Å². The van der Waals surface area contributed by atoms with E-state index >= 15 is 0 Å². The molecular formula is C17H30IN3O3. The average molecular weight is 451 g/mol. The third-order valence-corrected chi connectivity index (χ3v) is 3.22. The minimum absolute atomic E-state index is 0. The maximum Gasteiger partial charge on any atom is 0.191 e. The molecule has 0 saturated heterocycles. The van der Waals surface area contributed by atoms with Crippen LogP contribution in [-0.4, -0.2) is 44.9 Å². The SMILES string of the molecule is CCNC(=NCC(C)C)NCC(O)c1cc(OC)ccc1OC.I. The quantitative estimate of drug-likeness (QED) is 0.322. The molecule has 1 atom stereocenters. The summed E-state index contributed by atoms with van der Waals surface area (Å²) >= 11 is 0. The summed E-state index contributed by atoms with van der Waals surface area (Å²) in [6, 6.07) is 5.37. The third-order valence-electron chi connectivity index (χ3n) is 3.22. The zero-order valence-electron chi connectivity index (χ0n) is 15.1. The minimum atomic E-state index is -0.733. The minimum Gasteiger partial charge on any atom is -0.497 e. The Morgan fingerprint density at radius 1 is 1.21 bits per heavy atom. The zero-order valence-corrected chi connectivity index (χ0v) is 17.5. The zero-order chi connectivity index (χ0) is 17.2. The molecule has 1 aromatic carbocycles. The Bertz CT molecular complexity index is 510. The molecule has 7 heteroatoms. The Labute approximate surface area is 162 Å². The van der Waals surface area contributed by atoms with Gasteiger partial charge in [0.25, 0.3) is 0 Å². The Balaban J connectivity index is 0.00000529. The smallest absolute Gasteiger partial charge is 0.191 e. The number of nitrogens with zero attached hydrogens (tertiary/aromatic N) is 1. The molecular weight excluding hydrogens is 421 g/mol. The molecule has 3 N–H and O–H groups in total. The van der Waals surface area contributed by atoms with Crippen LogP contribution in [0.25, 0.3) is 0 Å². The third kappa shape index (κ3) is 7.57. The number of hydrogen-bond donors (Lipinski definition) is 3. The molecule has 0 spiro atoms. The van der Waals surface area contributed by atoms with E-state index in [9.17, 15) is 5.11 Å². The number of rotatable bonds is 8. The van der Waals surface area contributed by atoms with Gasteiger partial charge in [0.1, 0.15) is 11.5 Å². The van der Waals surface area contributed by atoms with E-state index in [1.807, 2.05) is 6.92 Å². The van der Waals surface area contributed by atoms with Gasteiger partial charge in [-0.3, -0.25) is 4.99 Å². The summed E-state index contributed by atoms with van der Waals surface area (Å²) in [5.41, 5.74) is 0.680. The highest BCUT2D eigenvalue weighted by molar-refractivity contribution is 14.0. The number of benzene rings is 1. The lowest BCUT2D eigenvalue weighted by molar-refractivity contribution is 0.176. The molecule has 0 amide bonds. The average Bonchev–Trinajstić information content (AvgIpc) is 2.56. The van der Waals surface area contributed by atoms with Gasteiger partial charge in [-0.15, -0.1) is 24.0 Å². The molecule has 1 aromatic rings. The van der Waals surface area contributed by atoms with Gasteiger partial charge in [0.15, 0.2) is 5.96 Å². The summed E-state index contributed by atoms with van der Waals surface area (Å²) in [6.45, 7) is 8.06. The molecule has 0 heterocycles. The number of hydrogen-bond acceptors (Lipinski definition) is 4. The van der Waals surface area contributed by atoms with E-state index in [1.54, 1.807) is 32.4 Å². The highest BCUT2D eigenvalue weighted by atomic mass is 127. The maximum absolute atomic E-state index is 10.5. The Morgan fingerprint density at radius 3 is 2.46 bits per heavy atom. The second kappa shape index (κ2) is 12.2. The van der Waals surface area contributed by atoms with Crippen molar-refractivity contribution in [2.75, 3.05) is 33.9 Å². The largest absolute Gasteiger partial charge is 0.497 e. The monoisotopic (exact) mass is 451 g/mol. The molecule has 0 aliphatic carbocycles. The summed E-state index contributed by atoms with van der Waals surface area (Å²) in [4.78, 5) is 4.48. The lowest BCUT2D eigenvalue weighted by Gasteiger charge is -2.18. The second-order valence-electron chi connectivity index (χ2n) is 5.62. The molecule has 0 bridgehead atoms. The van der Waals surface area contributed by atoms with Crippen LogP contribution in [-0.2, 0) is 0 Å². The summed E-state index contributed by atoms with van der Waals surface area (Å²) < 4.78 is 10.5. The van der Waals surface area contributed by atoms with Crippen molar-refractivity contribution < 1.29 is 14.6 Å². The van der Waals surface area contributed by atoms with Gasteiger partial charge in [-0.25, -0.2) is 0 Å². The lowest BCUT2D eigenvalue weighted by atomic mass is 10.1. The van der Waals surface area contributed by atoms with Crippen molar-refractivity contribution in [3.05, 3.63) is 23.8 Å². The fourth-order valence-corrected chi connectivity index (χ4v) is 2.02. The molecule has 138 valence electrons. The molecule has 1 unspecified atom stereocenters. The van der Waals surface area contributed by atoms with Crippen molar-refractivity contribution in [3.63, 3.8) is 0 Å². The Hall–Kier alpha value is -1.22. The fraction of sp³-hybridized carbons (Fsp3) is 0.588. The topological polar surface area (TPSA) is 75.1 Å². The van der Waals surface area contributed by atoms with Gasteiger partial charge < -0.3 is 25.2 Å². The van der Waals surface area contributed by atoms with Crippen molar-refractivity contribution in [2.24, 2.45) is 10.9 Å². The van der Waals surface area contributed by atoms with E-state index in [-0.39, 0.29) is 24.0 Å². The van der Waals surface area contributed by atoms with Crippen molar-refractivity contribution in [3.8, 4) is 11.5 Å². The molecule has 0 fully saturated rings. The van der Waals surface area contributed by atoms with E-state index in [4.69, 9.17) is 9.47 Å². The molecule has 1 rings (SSSR count). The van der Waals surface area contributed by atoms with Crippen LogP contribution < -0.4 is 20.1 Å². The second-order valence-corrected chi connectivity index (χ2v) is 5.62. The van der Waals surface area contributed by atoms with Gasteiger partial charge in [-0.2, -0.15) is 0 Å². The Morgan fingerprint density at radius 2 is 1.92 bits per heavy atom. The van der Waals surface area contributed by atoms with Gasteiger partial charge in [-0.05, 0) is 31.0 Å². The first-order chi connectivity index (χ1) is 11.0. The molecule has 0 saturated carbocycles. The number of methoxy groups -OCH3 is 2. The van der Waals surface area contributed by atoms with Gasteiger partial charge in [0.05, 0.1) is 20.3 Å². The van der Waals surface area contributed by atoms with Crippen molar-refractivity contribution >= 4 is 29.9 Å². The summed E-state index contributed by atoms with van der Waals surface area (Å²) in [7, 11) is 3.18. The number of guanidine groups is 1. The van der Waals surface area contributed by atoms with Crippen LogP contribution in [0.15, 0.2) is 23.2 Å². The lowest BCUT2D eigenvalue weighted by Crippen LogP contribution is -2.39. The normalized spacial score (nSPS) is 12.4. The number of aliphatic hydroxyl groups excluding tert-OH is 1. The van der Waals surface area contributed by atoms with E-state index in [2.05, 4.69) is 29.5 Å². The van der Waals surface area contributed by atoms with E-state index in [0.29, 0.717) is 35.5 Å². The van der Waals surface area contributed by atoms with Crippen LogP contribution in [0.4, 0.5) is 0 Å². The van der Waals surface area contributed by atoms with Crippen LogP contribution in [0.1, 0.15) is 32.4 Å². The van der Waals surface area contributed by atoms with Crippen LogP contribution in [0, 0.1) is 5.92 Å². The van der Waals surface area contributed by atoms with Crippen molar-refractivity contribution in [1.29, 1.82) is 0 Å². The van der Waals surface area contributed by atoms with E-state index in [1.165, 1.54) is 0 Å². The van der Waals surface area contributed by atoms with Crippen LogP contribution in [0.2, 0.25) is 0 Å². The molecule has 6 nitrogen and oxygen atoms in total. The highest BCUT2D eigenvalue weighted by Crippen LogP contribution is 2.28. The molecule has 0 radical (unpaired) electrons. The van der Waals surface area contributed by atoms with Crippen LogP contribution in [0.5, 0.6) is 11.5 Å². The first-order valence-corrected chi connectivity index (χ1v) is 7.93. The van der Waals surface area contributed by atoms with Gasteiger partial charge >= 0.3 is 0 Å². The first kappa shape index (κ1) is 22.8. The molecule has 0 aliphatic rings. The van der Waals surface area contributed by atoms with Crippen LogP contribution in [0.3, 0.4) is 0 Å². The van der Waals surface area contributed by atoms with Gasteiger partial charge in [-0.1, -0.05) is 13.8 Å². The predicted octanol–water partition coefficient (Wildman–Crippen LogP) is 2.57. The number of aliphatic hydroxyl groups is 1. The standard InChI is InChI=1S/C17H29N3O3.HI/c1-6-18-17(19-10-12(2)3)20-11-15(21)14-9-13(22-4)7-8-16(14)23-5;/h7-9,12,15,21H,6,10-11H2,1-5H3,(H2,18,19,20);1H. The van der Waals surface area contributed by atoms with Crippen LogP contribution >= 0.6 is 24.0 Å². The summed E-state index contributed by atoms with van der Waals surface area (Å²) in [6.07, 6.45) is -0.733. The van der Waals surface area contributed by atoms with E-state index in [0.717, 1.165) is 13.1 Å². The molecule has 0 aromatic heterocycles. The Kier molecular flexibility index (Phi) is 11.6. The fourth-order valence-electron chi connectivity index (χ4n) is 2.02. The predicted molar refractivity (Wildman–Crippen MR) is 109 cm³/mol. The number of aliphatic imine (C=N–C) groups is 1. The summed E-state index contributed by atoms with van der Waals surface area (Å²) in [5, 5.41) is 16.8. The van der Waals surface area contributed by atoms with Gasteiger partial charge in [0, 0.05) is 25.2 Å². The molecule has 0 aliphatic heterocycles. The van der Waals surface area contributed by atoms with Crippen molar-refractivity contribution in [1.82, 2.24) is 10.6 Å². The van der Waals surface area contributed by atoms with Gasteiger partial charge in [0.2, 0.25) is 0 Å². The number of halogens is 1. The van der Waals surface area contributed by atoms with Crippen molar-refractivity contribution in [2.45, 2.75) is 26.9 Å². The number of nitrogens with one attached hydrogen (secondary N) is 2. The first-order valence-electron chi connectivity index (χ1n) is 7.93.